The van der Waals surface area contributed by atoms with E-state index in [0.717, 1.165) is 12.3 Å². The van der Waals surface area contributed by atoms with E-state index >= 15 is 0 Å². The van der Waals surface area contributed by atoms with Crippen molar-refractivity contribution in [2.75, 3.05) is 0 Å². The van der Waals surface area contributed by atoms with Crippen LogP contribution in [0.25, 0.3) is 0 Å². The summed E-state index contributed by atoms with van der Waals surface area (Å²) in [7, 11) is 0. The van der Waals surface area contributed by atoms with E-state index in [1.54, 1.807) is 13.8 Å². The molecule has 0 aliphatic rings. The topological polar surface area (TPSA) is 39.2 Å². The number of esters is 1. The van der Waals surface area contributed by atoms with E-state index in [1.165, 1.54) is 6.92 Å². The summed E-state index contributed by atoms with van der Waals surface area (Å²) >= 11 is 0. The van der Waals surface area contributed by atoms with Crippen molar-refractivity contribution in [3.8, 4) is 0 Å². The van der Waals surface area contributed by atoms with Gasteiger partial charge in [-0.15, -0.1) is 0 Å². The van der Waals surface area contributed by atoms with Crippen molar-refractivity contribution >= 4 is 5.97 Å². The zero-order chi connectivity index (χ0) is 13.2. The number of hydrogen-bond donors (Lipinski definition) is 0. The molecule has 0 unspecified atom stereocenters. The Hall–Kier alpha value is -1.59. The van der Waals surface area contributed by atoms with Crippen LogP contribution in [-0.4, -0.2) is 17.1 Å². The van der Waals surface area contributed by atoms with E-state index < -0.39 is 29.4 Å². The monoisotopic (exact) mass is 247 g/mol. The van der Waals surface area contributed by atoms with Crippen LogP contribution in [0.4, 0.5) is 13.2 Å². The number of rotatable bonds is 2. The highest BCUT2D eigenvalue weighted by atomic mass is 19.4. The molecule has 3 nitrogen and oxygen atoms in total. The number of pyridine rings is 1. The predicted octanol–water partition coefficient (Wildman–Crippen LogP) is 2.97. The zero-order valence-corrected chi connectivity index (χ0v) is 9.63. The van der Waals surface area contributed by atoms with Crippen molar-refractivity contribution in [3.05, 3.63) is 29.1 Å². The van der Waals surface area contributed by atoms with Crippen molar-refractivity contribution in [1.29, 1.82) is 0 Å². The Bertz CT molecular complexity index is 427. The number of aromatic nitrogens is 1. The molecule has 1 aromatic rings. The van der Waals surface area contributed by atoms with Gasteiger partial charge in [0.05, 0.1) is 17.2 Å². The molecule has 1 rings (SSSR count). The number of hydrogen-bond acceptors (Lipinski definition) is 3. The van der Waals surface area contributed by atoms with E-state index in [-0.39, 0.29) is 5.69 Å². The van der Waals surface area contributed by atoms with Crippen LogP contribution in [0.1, 0.15) is 35.5 Å². The number of aryl methyl sites for hydroxylation is 1. The summed E-state index contributed by atoms with van der Waals surface area (Å²) in [4.78, 5) is 15.2. The van der Waals surface area contributed by atoms with E-state index in [2.05, 4.69) is 4.98 Å². The lowest BCUT2D eigenvalue weighted by Gasteiger charge is -2.13. The molecule has 0 radical (unpaired) electrons. The first-order chi connectivity index (χ1) is 7.71. The predicted molar refractivity (Wildman–Crippen MR) is 54.5 cm³/mol. The second-order valence-electron chi connectivity index (χ2n) is 3.82. The first-order valence-electron chi connectivity index (χ1n) is 4.96. The Balaban J connectivity index is 3.20. The number of ether oxygens (including phenoxy) is 1. The molecule has 94 valence electrons. The lowest BCUT2D eigenvalue weighted by molar-refractivity contribution is -0.138. The van der Waals surface area contributed by atoms with Crippen LogP contribution in [0.5, 0.6) is 0 Å². The normalized spacial score (nSPS) is 11.7. The van der Waals surface area contributed by atoms with Gasteiger partial charge in [0.1, 0.15) is 0 Å². The smallest absolute Gasteiger partial charge is 0.417 e. The second kappa shape index (κ2) is 4.73. The SMILES string of the molecule is Cc1cc(C(F)(F)F)c(C(=O)OC(C)C)cn1. The van der Waals surface area contributed by atoms with Crippen molar-refractivity contribution in [1.82, 2.24) is 4.98 Å². The third-order valence-corrected chi connectivity index (χ3v) is 1.91. The van der Waals surface area contributed by atoms with Crippen LogP contribution in [0.2, 0.25) is 0 Å². The summed E-state index contributed by atoms with van der Waals surface area (Å²) in [6, 6.07) is 0.830. The minimum absolute atomic E-state index is 0.193. The van der Waals surface area contributed by atoms with Gasteiger partial charge in [0.15, 0.2) is 0 Å². The molecule has 1 heterocycles. The van der Waals surface area contributed by atoms with Gasteiger partial charge in [-0.1, -0.05) is 0 Å². The van der Waals surface area contributed by atoms with Gasteiger partial charge in [-0.25, -0.2) is 4.79 Å². The Morgan fingerprint density at radius 2 is 2.00 bits per heavy atom. The molecule has 0 spiro atoms. The summed E-state index contributed by atoms with van der Waals surface area (Å²) in [5.41, 5.74) is -1.38. The molecule has 6 heteroatoms. The first kappa shape index (κ1) is 13.5. The number of halogens is 3. The molecule has 0 aliphatic heterocycles. The third-order valence-electron chi connectivity index (χ3n) is 1.91. The lowest BCUT2D eigenvalue weighted by Crippen LogP contribution is -2.18. The Kier molecular flexibility index (Phi) is 3.75. The van der Waals surface area contributed by atoms with Gasteiger partial charge in [0.25, 0.3) is 0 Å². The van der Waals surface area contributed by atoms with Crippen molar-refractivity contribution in [2.24, 2.45) is 0 Å². The van der Waals surface area contributed by atoms with Crippen molar-refractivity contribution in [2.45, 2.75) is 33.1 Å². The fraction of sp³-hybridized carbons (Fsp3) is 0.455. The van der Waals surface area contributed by atoms with E-state index in [4.69, 9.17) is 4.74 Å². The first-order valence-corrected chi connectivity index (χ1v) is 4.96. The molecule has 0 amide bonds. The fourth-order valence-corrected chi connectivity index (χ4v) is 1.23. The molecule has 0 fully saturated rings. The standard InChI is InChI=1S/C11H12F3NO2/c1-6(2)17-10(16)8-5-15-7(3)4-9(8)11(12,13)14/h4-6H,1-3H3. The summed E-state index contributed by atoms with van der Waals surface area (Å²) in [6.07, 6.45) is -4.19. The number of nitrogens with zero attached hydrogens (tertiary/aromatic N) is 1. The lowest BCUT2D eigenvalue weighted by atomic mass is 10.1. The molecule has 0 saturated carbocycles. The highest BCUT2D eigenvalue weighted by molar-refractivity contribution is 5.91. The van der Waals surface area contributed by atoms with E-state index in [0.29, 0.717) is 0 Å². The number of carbonyl (C=O) groups is 1. The highest BCUT2D eigenvalue weighted by Gasteiger charge is 2.36. The van der Waals surface area contributed by atoms with Gasteiger partial charge < -0.3 is 4.74 Å². The molecule has 1 aromatic heterocycles. The highest BCUT2D eigenvalue weighted by Crippen LogP contribution is 2.32. The molecule has 0 aliphatic carbocycles. The summed E-state index contributed by atoms with van der Waals surface area (Å²) in [6.45, 7) is 4.55. The van der Waals surface area contributed by atoms with Gasteiger partial charge in [-0.2, -0.15) is 13.2 Å². The van der Waals surface area contributed by atoms with Crippen molar-refractivity contribution < 1.29 is 22.7 Å². The van der Waals surface area contributed by atoms with Crippen LogP contribution in [0, 0.1) is 6.92 Å². The minimum atomic E-state index is -4.60. The molecule has 0 bridgehead atoms. The van der Waals surface area contributed by atoms with Crippen LogP contribution in [0.15, 0.2) is 12.3 Å². The zero-order valence-electron chi connectivity index (χ0n) is 9.63. The van der Waals surface area contributed by atoms with Crippen LogP contribution < -0.4 is 0 Å². The number of carbonyl (C=O) groups excluding carboxylic acids is 1. The molecule has 0 saturated heterocycles. The Morgan fingerprint density at radius 3 is 2.47 bits per heavy atom. The minimum Gasteiger partial charge on any atom is -0.459 e. The Labute approximate surface area is 96.6 Å². The van der Waals surface area contributed by atoms with Gasteiger partial charge in [0.2, 0.25) is 0 Å². The molecular weight excluding hydrogens is 235 g/mol. The van der Waals surface area contributed by atoms with Crippen LogP contribution >= 0.6 is 0 Å². The average Bonchev–Trinajstić information content (AvgIpc) is 2.14. The largest absolute Gasteiger partial charge is 0.459 e. The fourth-order valence-electron chi connectivity index (χ4n) is 1.23. The number of alkyl halides is 3. The van der Waals surface area contributed by atoms with Crippen molar-refractivity contribution in [3.63, 3.8) is 0 Å². The summed E-state index contributed by atoms with van der Waals surface area (Å²) < 4.78 is 42.8. The maximum absolute atomic E-state index is 12.7. The molecule has 17 heavy (non-hydrogen) atoms. The Morgan fingerprint density at radius 1 is 1.41 bits per heavy atom. The summed E-state index contributed by atoms with van der Waals surface area (Å²) in [5, 5.41) is 0. The molecule has 0 aromatic carbocycles. The third kappa shape index (κ3) is 3.44. The molecule has 0 N–H and O–H groups in total. The van der Waals surface area contributed by atoms with E-state index in [1.807, 2.05) is 0 Å². The molecule has 0 atom stereocenters. The maximum Gasteiger partial charge on any atom is 0.417 e. The van der Waals surface area contributed by atoms with Gasteiger partial charge in [-0.3, -0.25) is 4.98 Å². The van der Waals surface area contributed by atoms with Gasteiger partial charge in [-0.05, 0) is 26.8 Å². The second-order valence-corrected chi connectivity index (χ2v) is 3.82. The van der Waals surface area contributed by atoms with Crippen LogP contribution in [-0.2, 0) is 10.9 Å². The maximum atomic E-state index is 12.7. The molecular formula is C11H12F3NO2. The van der Waals surface area contributed by atoms with Gasteiger partial charge >= 0.3 is 12.1 Å². The quantitative estimate of drug-likeness (QED) is 0.754. The average molecular weight is 247 g/mol. The summed E-state index contributed by atoms with van der Waals surface area (Å²) in [5.74, 6) is -1.01. The van der Waals surface area contributed by atoms with Gasteiger partial charge in [0, 0.05) is 11.9 Å². The van der Waals surface area contributed by atoms with Crippen LogP contribution in [0.3, 0.4) is 0 Å². The van der Waals surface area contributed by atoms with E-state index in [9.17, 15) is 18.0 Å².